The van der Waals surface area contributed by atoms with Crippen molar-refractivity contribution in [3.05, 3.63) is 18.6 Å². The first-order valence-electron chi connectivity index (χ1n) is 6.34. The van der Waals surface area contributed by atoms with Crippen LogP contribution in [0.25, 0.3) is 11.0 Å². The number of hydrogen-bond acceptors (Lipinski definition) is 4. The van der Waals surface area contributed by atoms with Crippen molar-refractivity contribution in [2.24, 2.45) is 18.7 Å². The molecular formula is C13H21N5. The van der Waals surface area contributed by atoms with Crippen molar-refractivity contribution < 1.29 is 0 Å². The first-order valence-corrected chi connectivity index (χ1v) is 6.34. The molecule has 0 radical (unpaired) electrons. The highest BCUT2D eigenvalue weighted by Gasteiger charge is 2.14. The summed E-state index contributed by atoms with van der Waals surface area (Å²) in [7, 11) is 1.99. The smallest absolute Gasteiger partial charge is 0.156 e. The van der Waals surface area contributed by atoms with Crippen molar-refractivity contribution in [3.8, 4) is 0 Å². The van der Waals surface area contributed by atoms with Gasteiger partial charge >= 0.3 is 0 Å². The van der Waals surface area contributed by atoms with Gasteiger partial charge in [0.25, 0.3) is 0 Å². The van der Waals surface area contributed by atoms with Crippen molar-refractivity contribution in [1.29, 1.82) is 0 Å². The predicted molar refractivity (Wildman–Crippen MR) is 74.6 cm³/mol. The number of aryl methyl sites for hydroxylation is 1. The van der Waals surface area contributed by atoms with Gasteiger partial charge in [0, 0.05) is 32.9 Å². The minimum atomic E-state index is 0.567. The Morgan fingerprint density at radius 1 is 1.39 bits per heavy atom. The summed E-state index contributed by atoms with van der Waals surface area (Å²) < 4.78 is 2.01. The minimum absolute atomic E-state index is 0.567. The van der Waals surface area contributed by atoms with E-state index in [9.17, 15) is 0 Å². The number of aromatic nitrogens is 3. The molecule has 2 heterocycles. The van der Waals surface area contributed by atoms with E-state index in [-0.39, 0.29) is 0 Å². The lowest BCUT2D eigenvalue weighted by molar-refractivity contribution is 0.608. The van der Waals surface area contributed by atoms with Gasteiger partial charge in [0.2, 0.25) is 0 Å². The number of rotatable bonds is 5. The third-order valence-corrected chi connectivity index (χ3v) is 2.91. The largest absolute Gasteiger partial charge is 0.353 e. The summed E-state index contributed by atoms with van der Waals surface area (Å²) in [6, 6.07) is 1.99. The molecule has 2 N–H and O–H groups in total. The van der Waals surface area contributed by atoms with E-state index in [2.05, 4.69) is 28.7 Å². The lowest BCUT2D eigenvalue weighted by Gasteiger charge is -2.25. The summed E-state index contributed by atoms with van der Waals surface area (Å²) in [5, 5.41) is 0. The van der Waals surface area contributed by atoms with Crippen LogP contribution < -0.4 is 10.6 Å². The second kappa shape index (κ2) is 5.35. The summed E-state index contributed by atoms with van der Waals surface area (Å²) in [6.45, 7) is 6.77. The van der Waals surface area contributed by atoms with Gasteiger partial charge in [0.1, 0.15) is 5.52 Å². The maximum atomic E-state index is 5.70. The van der Waals surface area contributed by atoms with Crippen LogP contribution in [0.15, 0.2) is 18.6 Å². The SMILES string of the molecule is CC(C)CN(CCN)c1nccc2c1ncn2C. The van der Waals surface area contributed by atoms with Gasteiger partial charge in [-0.3, -0.25) is 0 Å². The summed E-state index contributed by atoms with van der Waals surface area (Å²) >= 11 is 0. The molecule has 0 fully saturated rings. The van der Waals surface area contributed by atoms with Gasteiger partial charge in [-0.2, -0.15) is 0 Å². The summed E-state index contributed by atoms with van der Waals surface area (Å²) in [5.74, 6) is 1.50. The molecule has 2 aromatic heterocycles. The van der Waals surface area contributed by atoms with Crippen molar-refractivity contribution in [2.75, 3.05) is 24.5 Å². The van der Waals surface area contributed by atoms with Crippen molar-refractivity contribution in [2.45, 2.75) is 13.8 Å². The second-order valence-electron chi connectivity index (χ2n) is 4.99. The first kappa shape index (κ1) is 12.8. The van der Waals surface area contributed by atoms with Crippen LogP contribution in [0.1, 0.15) is 13.8 Å². The Labute approximate surface area is 108 Å². The normalized spacial score (nSPS) is 11.4. The Bertz CT molecular complexity index is 517. The molecule has 0 bridgehead atoms. The van der Waals surface area contributed by atoms with E-state index in [4.69, 9.17) is 5.73 Å². The maximum Gasteiger partial charge on any atom is 0.156 e. The second-order valence-corrected chi connectivity index (χ2v) is 4.99. The standard InChI is InChI=1S/C13H21N5/c1-10(2)8-18(7-5-14)13-12-11(4-6-15-13)17(3)9-16-12/h4,6,9-10H,5,7-8,14H2,1-3H3. The minimum Gasteiger partial charge on any atom is -0.353 e. The van der Waals surface area contributed by atoms with E-state index in [1.54, 1.807) is 0 Å². The van der Waals surface area contributed by atoms with Gasteiger partial charge in [-0.1, -0.05) is 13.8 Å². The molecule has 98 valence electrons. The highest BCUT2D eigenvalue weighted by molar-refractivity contribution is 5.86. The van der Waals surface area contributed by atoms with E-state index in [1.165, 1.54) is 0 Å². The fourth-order valence-corrected chi connectivity index (χ4v) is 2.16. The number of nitrogens with two attached hydrogens (primary N) is 1. The van der Waals surface area contributed by atoms with Gasteiger partial charge < -0.3 is 15.2 Å². The van der Waals surface area contributed by atoms with Gasteiger partial charge in [-0.25, -0.2) is 9.97 Å². The van der Waals surface area contributed by atoms with Crippen LogP contribution in [-0.2, 0) is 7.05 Å². The maximum absolute atomic E-state index is 5.70. The predicted octanol–water partition coefficient (Wildman–Crippen LogP) is 1.39. The molecule has 5 nitrogen and oxygen atoms in total. The van der Waals surface area contributed by atoms with Gasteiger partial charge in [-0.15, -0.1) is 0 Å². The van der Waals surface area contributed by atoms with Gasteiger partial charge in [0.05, 0.1) is 11.8 Å². The van der Waals surface area contributed by atoms with Crippen molar-refractivity contribution >= 4 is 16.9 Å². The Hall–Kier alpha value is -1.62. The van der Waals surface area contributed by atoms with E-state index >= 15 is 0 Å². The molecule has 5 heteroatoms. The lowest BCUT2D eigenvalue weighted by Crippen LogP contribution is -2.33. The summed E-state index contributed by atoms with van der Waals surface area (Å²) in [4.78, 5) is 11.2. The van der Waals surface area contributed by atoms with Crippen LogP contribution in [0.3, 0.4) is 0 Å². The van der Waals surface area contributed by atoms with Crippen LogP contribution in [0.4, 0.5) is 5.82 Å². The average Bonchev–Trinajstić information content (AvgIpc) is 2.70. The molecule has 0 aliphatic heterocycles. The molecule has 0 atom stereocenters. The number of fused-ring (bicyclic) bond motifs is 1. The van der Waals surface area contributed by atoms with Crippen molar-refractivity contribution in [1.82, 2.24) is 14.5 Å². The van der Waals surface area contributed by atoms with E-state index in [1.807, 2.05) is 30.2 Å². The Morgan fingerprint density at radius 2 is 2.17 bits per heavy atom. The van der Waals surface area contributed by atoms with E-state index in [0.717, 1.165) is 29.9 Å². The van der Waals surface area contributed by atoms with Crippen LogP contribution in [0.5, 0.6) is 0 Å². The highest BCUT2D eigenvalue weighted by Crippen LogP contribution is 2.22. The molecule has 0 aliphatic carbocycles. The molecule has 0 aromatic carbocycles. The molecule has 18 heavy (non-hydrogen) atoms. The van der Waals surface area contributed by atoms with Crippen LogP contribution in [-0.4, -0.2) is 34.2 Å². The van der Waals surface area contributed by atoms with E-state index < -0.39 is 0 Å². The molecule has 0 amide bonds. The Morgan fingerprint density at radius 3 is 2.83 bits per heavy atom. The van der Waals surface area contributed by atoms with Crippen molar-refractivity contribution in [3.63, 3.8) is 0 Å². The molecule has 0 spiro atoms. The third kappa shape index (κ3) is 2.46. The highest BCUT2D eigenvalue weighted by atomic mass is 15.2. The van der Waals surface area contributed by atoms with Crippen LogP contribution in [0, 0.1) is 5.92 Å². The van der Waals surface area contributed by atoms with E-state index in [0.29, 0.717) is 12.5 Å². The molecule has 0 aliphatic rings. The molecule has 0 unspecified atom stereocenters. The molecule has 0 saturated heterocycles. The summed E-state index contributed by atoms with van der Waals surface area (Å²) in [6.07, 6.45) is 3.66. The number of nitrogens with zero attached hydrogens (tertiary/aromatic N) is 4. The number of pyridine rings is 1. The fraction of sp³-hybridized carbons (Fsp3) is 0.538. The zero-order chi connectivity index (χ0) is 13.1. The van der Waals surface area contributed by atoms with Crippen LogP contribution >= 0.6 is 0 Å². The Kier molecular flexibility index (Phi) is 3.81. The quantitative estimate of drug-likeness (QED) is 0.867. The van der Waals surface area contributed by atoms with Gasteiger partial charge in [-0.05, 0) is 12.0 Å². The lowest BCUT2D eigenvalue weighted by atomic mass is 10.2. The number of imidazole rings is 1. The Balaban J connectivity index is 2.43. The third-order valence-electron chi connectivity index (χ3n) is 2.91. The van der Waals surface area contributed by atoms with Crippen LogP contribution in [0.2, 0.25) is 0 Å². The number of anilines is 1. The fourth-order valence-electron chi connectivity index (χ4n) is 2.16. The average molecular weight is 247 g/mol. The molecule has 2 rings (SSSR count). The monoisotopic (exact) mass is 247 g/mol. The topological polar surface area (TPSA) is 60.0 Å². The molecular weight excluding hydrogens is 226 g/mol. The zero-order valence-electron chi connectivity index (χ0n) is 11.3. The number of hydrogen-bond donors (Lipinski definition) is 1. The summed E-state index contributed by atoms with van der Waals surface area (Å²) in [5.41, 5.74) is 7.75. The van der Waals surface area contributed by atoms with Gasteiger partial charge in [0.15, 0.2) is 5.82 Å². The zero-order valence-corrected chi connectivity index (χ0v) is 11.3. The first-order chi connectivity index (χ1) is 8.63. The molecule has 0 saturated carbocycles. The molecule has 2 aromatic rings.